The van der Waals surface area contributed by atoms with Crippen LogP contribution in [-0.2, 0) is 9.63 Å². The van der Waals surface area contributed by atoms with E-state index in [1.54, 1.807) is 13.8 Å². The van der Waals surface area contributed by atoms with Gasteiger partial charge >= 0.3 is 0 Å². The van der Waals surface area contributed by atoms with Crippen LogP contribution in [0.5, 0.6) is 0 Å². The first-order chi connectivity index (χ1) is 7.00. The lowest BCUT2D eigenvalue weighted by Gasteiger charge is -2.02. The highest BCUT2D eigenvalue weighted by molar-refractivity contribution is 7.09. The number of anilines is 1. The van der Waals surface area contributed by atoms with Gasteiger partial charge in [0.05, 0.1) is 0 Å². The normalized spacial score (nSPS) is 11.1. The van der Waals surface area contributed by atoms with Crippen LogP contribution in [0.2, 0.25) is 0 Å². The van der Waals surface area contributed by atoms with Crippen LogP contribution in [0.25, 0.3) is 0 Å². The summed E-state index contributed by atoms with van der Waals surface area (Å²) in [4.78, 5) is 19.7. The number of oxime groups is 1. The number of hydrogen-bond acceptors (Lipinski definition) is 7. The first-order valence-corrected chi connectivity index (χ1v) is 5.19. The molecule has 9 heteroatoms. The lowest BCUT2D eigenvalue weighted by molar-refractivity contribution is -0.106. The molecule has 0 bridgehead atoms. The van der Waals surface area contributed by atoms with Gasteiger partial charge in [0.25, 0.3) is 5.24 Å². The van der Waals surface area contributed by atoms with Crippen LogP contribution in [0, 0.1) is 0 Å². The average Bonchev–Trinajstić information content (AvgIpc) is 2.51. The minimum absolute atomic E-state index is 0. The van der Waals surface area contributed by atoms with Crippen molar-refractivity contribution in [3.63, 3.8) is 0 Å². The van der Waals surface area contributed by atoms with Gasteiger partial charge in [-0.2, -0.15) is 9.36 Å². The molecule has 0 unspecified atom stereocenters. The minimum atomic E-state index is -0.784. The molecule has 1 aromatic heterocycles. The summed E-state index contributed by atoms with van der Waals surface area (Å²) >= 11 is 6.26. The van der Waals surface area contributed by atoms with Crippen LogP contribution < -0.4 is 5.73 Å². The molecule has 0 atom stereocenters. The molecule has 1 rings (SSSR count). The zero-order chi connectivity index (χ0) is 11.4. The highest BCUT2D eigenvalue weighted by Gasteiger charge is 2.18. The van der Waals surface area contributed by atoms with Crippen LogP contribution in [0.1, 0.15) is 19.7 Å². The summed E-state index contributed by atoms with van der Waals surface area (Å²) in [5.74, 6) is 0.0816. The van der Waals surface area contributed by atoms with Gasteiger partial charge in [0.2, 0.25) is 11.5 Å². The van der Waals surface area contributed by atoms with E-state index in [0.717, 1.165) is 11.5 Å². The molecule has 1 aromatic rings. The van der Waals surface area contributed by atoms with E-state index in [4.69, 9.17) is 22.2 Å². The lowest BCUT2D eigenvalue weighted by Crippen LogP contribution is -2.13. The molecule has 6 nitrogen and oxygen atoms in total. The summed E-state index contributed by atoms with van der Waals surface area (Å²) in [5.41, 5.74) is 5.23. The van der Waals surface area contributed by atoms with E-state index in [-0.39, 0.29) is 35.2 Å². The molecule has 0 aliphatic heterocycles. The predicted octanol–water partition coefficient (Wildman–Crippen LogP) is 1.44. The summed E-state index contributed by atoms with van der Waals surface area (Å²) in [6, 6.07) is 0. The van der Waals surface area contributed by atoms with Gasteiger partial charge in [-0.25, -0.2) is 0 Å². The maximum absolute atomic E-state index is 11.0. The number of hydrogen-bond donors (Lipinski definition) is 1. The fourth-order valence-corrected chi connectivity index (χ4v) is 1.21. The lowest BCUT2D eigenvalue weighted by atomic mass is 10.4. The first-order valence-electron chi connectivity index (χ1n) is 4.04. The van der Waals surface area contributed by atoms with Gasteiger partial charge in [0.15, 0.2) is 5.13 Å². The van der Waals surface area contributed by atoms with Crippen LogP contribution in [0.4, 0.5) is 5.13 Å². The topological polar surface area (TPSA) is 90.5 Å². The largest absolute Gasteiger partial charge is 0.392 e. The second kappa shape index (κ2) is 6.62. The molecule has 0 saturated carbocycles. The Labute approximate surface area is 107 Å². The van der Waals surface area contributed by atoms with Crippen LogP contribution >= 0.6 is 35.5 Å². The van der Waals surface area contributed by atoms with Crippen molar-refractivity contribution in [2.24, 2.45) is 5.16 Å². The van der Waals surface area contributed by atoms with Gasteiger partial charge in [-0.1, -0.05) is 5.16 Å². The Kier molecular flexibility index (Phi) is 6.24. The molecule has 1 heterocycles. The van der Waals surface area contributed by atoms with Crippen molar-refractivity contribution in [2.45, 2.75) is 20.0 Å². The Hall–Kier alpha value is -0.920. The van der Waals surface area contributed by atoms with E-state index in [0.29, 0.717) is 0 Å². The number of carbonyl (C=O) groups excluding carboxylic acids is 1. The molecule has 2 N–H and O–H groups in total. The van der Waals surface area contributed by atoms with Crippen molar-refractivity contribution >= 4 is 51.6 Å². The molecule has 0 amide bonds. The zero-order valence-corrected chi connectivity index (χ0v) is 10.9. The number of rotatable bonds is 4. The fraction of sp³-hybridized carbons (Fsp3) is 0.429. The molecule has 0 aromatic carbocycles. The van der Waals surface area contributed by atoms with E-state index in [9.17, 15) is 4.79 Å². The zero-order valence-electron chi connectivity index (χ0n) is 8.51. The van der Waals surface area contributed by atoms with Gasteiger partial charge in [0, 0.05) is 11.5 Å². The smallest absolute Gasteiger partial charge is 0.278 e. The monoisotopic (exact) mass is 284 g/mol. The maximum Gasteiger partial charge on any atom is 0.278 e. The summed E-state index contributed by atoms with van der Waals surface area (Å²) in [6.45, 7) is 3.53. The minimum Gasteiger partial charge on any atom is -0.392 e. The quantitative estimate of drug-likeness (QED) is 0.513. The SMILES string of the molecule is CC(C)O/N=C(\C(=O)Cl)c1nsc(N)n1.Cl. The average molecular weight is 285 g/mol. The van der Waals surface area contributed by atoms with Crippen molar-refractivity contribution < 1.29 is 9.63 Å². The Morgan fingerprint density at radius 3 is 2.62 bits per heavy atom. The fourth-order valence-electron chi connectivity index (χ4n) is 0.654. The maximum atomic E-state index is 11.0. The molecule has 0 fully saturated rings. The highest BCUT2D eigenvalue weighted by Crippen LogP contribution is 2.09. The van der Waals surface area contributed by atoms with Crippen molar-refractivity contribution in [1.82, 2.24) is 9.36 Å². The molecule has 0 aliphatic rings. The van der Waals surface area contributed by atoms with E-state index in [2.05, 4.69) is 14.5 Å². The highest BCUT2D eigenvalue weighted by atomic mass is 35.5. The number of nitrogens with zero attached hydrogens (tertiary/aromatic N) is 3. The van der Waals surface area contributed by atoms with E-state index >= 15 is 0 Å². The molecule has 0 saturated heterocycles. The Morgan fingerprint density at radius 2 is 2.25 bits per heavy atom. The number of nitrogens with two attached hydrogens (primary N) is 1. The van der Waals surface area contributed by atoms with E-state index < -0.39 is 5.24 Å². The number of carbonyl (C=O) groups is 1. The van der Waals surface area contributed by atoms with Crippen LogP contribution in [0.3, 0.4) is 0 Å². The van der Waals surface area contributed by atoms with Crippen molar-refractivity contribution in [3.8, 4) is 0 Å². The molecule has 0 aliphatic carbocycles. The van der Waals surface area contributed by atoms with E-state index in [1.165, 1.54) is 0 Å². The summed E-state index contributed by atoms with van der Waals surface area (Å²) < 4.78 is 3.80. The number of aromatic nitrogens is 2. The predicted molar refractivity (Wildman–Crippen MR) is 65.2 cm³/mol. The van der Waals surface area contributed by atoms with Crippen molar-refractivity contribution in [3.05, 3.63) is 5.82 Å². The van der Waals surface area contributed by atoms with Gasteiger partial charge in [0.1, 0.15) is 6.10 Å². The third kappa shape index (κ3) is 4.30. The van der Waals surface area contributed by atoms with Crippen molar-refractivity contribution in [2.75, 3.05) is 5.73 Å². The summed E-state index contributed by atoms with van der Waals surface area (Å²) in [5, 5.41) is 3.02. The molecule has 0 radical (unpaired) electrons. The Morgan fingerprint density at radius 1 is 1.62 bits per heavy atom. The van der Waals surface area contributed by atoms with E-state index in [1.807, 2.05) is 0 Å². The third-order valence-corrected chi connectivity index (χ3v) is 1.92. The standard InChI is InChI=1S/C7H9ClN4O2S.ClH/c1-3(2)14-11-4(5(8)13)6-10-7(9)15-12-6;/h3H,1-2H3,(H2,9,10,12);1H/b11-4+;. The van der Waals surface area contributed by atoms with Crippen LogP contribution in [0.15, 0.2) is 5.16 Å². The van der Waals surface area contributed by atoms with Gasteiger partial charge in [-0.15, -0.1) is 12.4 Å². The molecule has 0 spiro atoms. The third-order valence-electron chi connectivity index (χ3n) is 1.19. The molecule has 90 valence electrons. The Balaban J connectivity index is 0.00000225. The van der Waals surface area contributed by atoms with Gasteiger partial charge < -0.3 is 10.6 Å². The molecular weight excluding hydrogens is 275 g/mol. The number of halogens is 2. The first kappa shape index (κ1) is 15.1. The Bertz CT molecular complexity index is 393. The van der Waals surface area contributed by atoms with Gasteiger partial charge in [-0.05, 0) is 25.4 Å². The molecular formula is C7H10Cl2N4O2S. The number of nitrogen functional groups attached to an aromatic ring is 1. The molecule has 16 heavy (non-hydrogen) atoms. The second-order valence-electron chi connectivity index (χ2n) is 2.82. The van der Waals surface area contributed by atoms with Crippen LogP contribution in [-0.4, -0.2) is 26.4 Å². The van der Waals surface area contributed by atoms with Crippen molar-refractivity contribution in [1.29, 1.82) is 0 Å². The summed E-state index contributed by atoms with van der Waals surface area (Å²) in [6.07, 6.45) is -0.160. The summed E-state index contributed by atoms with van der Waals surface area (Å²) in [7, 11) is 0. The second-order valence-corrected chi connectivity index (χ2v) is 3.95. The van der Waals surface area contributed by atoms with Gasteiger partial charge in [-0.3, -0.25) is 4.79 Å².